The Morgan fingerprint density at radius 1 is 1.06 bits per heavy atom. The first-order valence-electron chi connectivity index (χ1n) is 10.4. The molecule has 0 bridgehead atoms. The van der Waals surface area contributed by atoms with Crippen LogP contribution in [0.15, 0.2) is 61.2 Å². The molecule has 31 heavy (non-hydrogen) atoms. The van der Waals surface area contributed by atoms with Gasteiger partial charge < -0.3 is 24.4 Å². The molecule has 1 fully saturated rings. The highest BCUT2D eigenvalue weighted by atomic mass is 16.5. The van der Waals surface area contributed by atoms with Crippen molar-refractivity contribution in [1.29, 1.82) is 0 Å². The van der Waals surface area contributed by atoms with E-state index in [1.807, 2.05) is 47.4 Å². The Kier molecular flexibility index (Phi) is 8.32. The quantitative estimate of drug-likeness (QED) is 0.619. The third-order valence-corrected chi connectivity index (χ3v) is 5.31. The Labute approximate surface area is 184 Å². The van der Waals surface area contributed by atoms with Crippen LogP contribution < -0.4 is 14.8 Å². The van der Waals surface area contributed by atoms with E-state index in [0.29, 0.717) is 19.7 Å². The topological polar surface area (TPSA) is 63.3 Å². The molecule has 2 aromatic rings. The van der Waals surface area contributed by atoms with Gasteiger partial charge in [0.05, 0.1) is 26.9 Å². The van der Waals surface area contributed by atoms with Gasteiger partial charge in [0.2, 0.25) is 0 Å². The summed E-state index contributed by atoms with van der Waals surface area (Å²) in [5, 5.41) is 2.95. The first kappa shape index (κ1) is 22.7. The normalized spacial score (nSPS) is 15.2. The van der Waals surface area contributed by atoms with E-state index in [4.69, 9.17) is 14.2 Å². The summed E-state index contributed by atoms with van der Waals surface area (Å²) >= 11 is 0. The number of nitrogens with zero attached hydrogens (tertiary/aromatic N) is 2. The monoisotopic (exact) mass is 425 g/mol. The predicted molar refractivity (Wildman–Crippen MR) is 122 cm³/mol. The van der Waals surface area contributed by atoms with Crippen molar-refractivity contribution in [3.8, 4) is 11.5 Å². The van der Waals surface area contributed by atoms with Crippen molar-refractivity contribution in [2.24, 2.45) is 0 Å². The van der Waals surface area contributed by atoms with E-state index in [2.05, 4.69) is 22.9 Å². The maximum atomic E-state index is 12.6. The van der Waals surface area contributed by atoms with Gasteiger partial charge >= 0.3 is 6.03 Å². The first-order chi connectivity index (χ1) is 15.1. The van der Waals surface area contributed by atoms with Crippen molar-refractivity contribution in [3.63, 3.8) is 0 Å². The number of benzene rings is 2. The van der Waals surface area contributed by atoms with Crippen LogP contribution in [0.3, 0.4) is 0 Å². The van der Waals surface area contributed by atoms with E-state index < -0.39 is 0 Å². The highest BCUT2D eigenvalue weighted by Gasteiger charge is 2.24. The number of amides is 2. The molecule has 1 N–H and O–H groups in total. The van der Waals surface area contributed by atoms with Gasteiger partial charge in [0.15, 0.2) is 0 Å². The third kappa shape index (κ3) is 6.47. The number of methoxy groups -OCH3 is 2. The second-order valence-electron chi connectivity index (χ2n) is 7.33. The molecule has 1 saturated heterocycles. The molecule has 0 aliphatic carbocycles. The van der Waals surface area contributed by atoms with Gasteiger partial charge in [0.25, 0.3) is 0 Å². The lowest BCUT2D eigenvalue weighted by Gasteiger charge is -2.36. The van der Waals surface area contributed by atoms with Crippen LogP contribution >= 0.6 is 0 Å². The van der Waals surface area contributed by atoms with Crippen LogP contribution in [-0.2, 0) is 4.74 Å². The number of hydrogen-bond donors (Lipinski definition) is 1. The van der Waals surface area contributed by atoms with Crippen LogP contribution in [0.2, 0.25) is 0 Å². The van der Waals surface area contributed by atoms with Gasteiger partial charge in [-0.15, -0.1) is 6.58 Å². The Morgan fingerprint density at radius 2 is 1.77 bits per heavy atom. The Morgan fingerprint density at radius 3 is 2.42 bits per heavy atom. The number of piperazine rings is 1. The summed E-state index contributed by atoms with van der Waals surface area (Å²) in [5.41, 5.74) is 1.82. The molecule has 1 aliphatic rings. The van der Waals surface area contributed by atoms with E-state index in [0.717, 1.165) is 42.4 Å². The molecule has 2 amide bonds. The molecule has 1 aliphatic heterocycles. The zero-order valence-corrected chi connectivity index (χ0v) is 18.3. The number of ether oxygens (including phenoxy) is 3. The largest absolute Gasteiger partial charge is 0.497 e. The zero-order chi connectivity index (χ0) is 22.1. The van der Waals surface area contributed by atoms with Gasteiger partial charge in [-0.2, -0.15) is 0 Å². The van der Waals surface area contributed by atoms with Crippen LogP contribution in [0.5, 0.6) is 11.5 Å². The average Bonchev–Trinajstić information content (AvgIpc) is 2.82. The van der Waals surface area contributed by atoms with Crippen molar-refractivity contribution in [1.82, 2.24) is 9.80 Å². The molecule has 7 nitrogen and oxygen atoms in total. The van der Waals surface area contributed by atoms with Gasteiger partial charge in [-0.1, -0.05) is 18.2 Å². The molecule has 1 unspecified atom stereocenters. The molecule has 166 valence electrons. The number of nitrogens with one attached hydrogen (secondary N) is 1. The van der Waals surface area contributed by atoms with E-state index in [1.54, 1.807) is 20.3 Å². The van der Waals surface area contributed by atoms with Gasteiger partial charge in [-0.3, -0.25) is 4.90 Å². The number of urea groups is 1. The minimum absolute atomic E-state index is 0.0860. The Hall–Kier alpha value is -3.03. The summed E-state index contributed by atoms with van der Waals surface area (Å²) in [6, 6.07) is 15.2. The fourth-order valence-corrected chi connectivity index (χ4v) is 3.53. The smallest absolute Gasteiger partial charge is 0.321 e. The second-order valence-corrected chi connectivity index (χ2v) is 7.33. The fraction of sp³-hybridized carbons (Fsp3) is 0.375. The zero-order valence-electron chi connectivity index (χ0n) is 18.3. The molecule has 0 saturated carbocycles. The van der Waals surface area contributed by atoms with Crippen LogP contribution in [-0.4, -0.2) is 69.4 Å². The lowest BCUT2D eigenvalue weighted by Crippen LogP contribution is -2.50. The third-order valence-electron chi connectivity index (χ3n) is 5.31. The van der Waals surface area contributed by atoms with Gasteiger partial charge in [-0.05, 0) is 42.0 Å². The standard InChI is InChI=1S/C24H31N3O4/c1-4-16-31-23(19-6-5-7-22(17-19)30-3)18-26-12-14-27(15-13-26)24(28)25-20-8-10-21(29-2)11-9-20/h4-11,17,23H,1,12-16,18H2,2-3H3,(H,25,28). The van der Waals surface area contributed by atoms with E-state index >= 15 is 0 Å². The summed E-state index contributed by atoms with van der Waals surface area (Å²) in [6.07, 6.45) is 1.67. The van der Waals surface area contributed by atoms with E-state index in [-0.39, 0.29) is 12.1 Å². The lowest BCUT2D eigenvalue weighted by atomic mass is 10.1. The molecule has 3 rings (SSSR count). The van der Waals surface area contributed by atoms with Crippen LogP contribution in [0.1, 0.15) is 11.7 Å². The molecular weight excluding hydrogens is 394 g/mol. The average molecular weight is 426 g/mol. The van der Waals surface area contributed by atoms with Gasteiger partial charge in [0.1, 0.15) is 11.5 Å². The van der Waals surface area contributed by atoms with Crippen LogP contribution in [0, 0.1) is 0 Å². The summed E-state index contributed by atoms with van der Waals surface area (Å²) in [5.74, 6) is 1.57. The molecular formula is C24H31N3O4. The molecule has 0 radical (unpaired) electrons. The van der Waals surface area contributed by atoms with Crippen molar-refractivity contribution >= 4 is 11.7 Å². The number of hydrogen-bond acceptors (Lipinski definition) is 5. The highest BCUT2D eigenvalue weighted by Crippen LogP contribution is 2.24. The highest BCUT2D eigenvalue weighted by molar-refractivity contribution is 5.89. The Balaban J connectivity index is 1.54. The number of carbonyl (C=O) groups is 1. The summed E-state index contributed by atoms with van der Waals surface area (Å²) in [6.45, 7) is 7.88. The lowest BCUT2D eigenvalue weighted by molar-refractivity contribution is 0.0301. The summed E-state index contributed by atoms with van der Waals surface area (Å²) in [7, 11) is 3.28. The predicted octanol–water partition coefficient (Wildman–Crippen LogP) is 3.80. The van der Waals surface area contributed by atoms with Crippen molar-refractivity contribution in [3.05, 3.63) is 66.7 Å². The second kappa shape index (κ2) is 11.4. The summed E-state index contributed by atoms with van der Waals surface area (Å²) in [4.78, 5) is 16.8. The van der Waals surface area contributed by atoms with E-state index in [9.17, 15) is 4.79 Å². The molecule has 2 aromatic carbocycles. The van der Waals surface area contributed by atoms with Gasteiger partial charge in [0, 0.05) is 38.4 Å². The van der Waals surface area contributed by atoms with Crippen molar-refractivity contribution in [2.45, 2.75) is 6.10 Å². The fourth-order valence-electron chi connectivity index (χ4n) is 3.53. The molecule has 0 aromatic heterocycles. The van der Waals surface area contributed by atoms with E-state index in [1.165, 1.54) is 0 Å². The first-order valence-corrected chi connectivity index (χ1v) is 10.4. The molecule has 1 heterocycles. The molecule has 7 heteroatoms. The SMILES string of the molecule is C=CCOC(CN1CCN(C(=O)Nc2ccc(OC)cc2)CC1)c1cccc(OC)c1. The molecule has 0 spiro atoms. The van der Waals surface area contributed by atoms with Crippen LogP contribution in [0.4, 0.5) is 10.5 Å². The minimum Gasteiger partial charge on any atom is -0.497 e. The van der Waals surface area contributed by atoms with Crippen LogP contribution in [0.25, 0.3) is 0 Å². The van der Waals surface area contributed by atoms with Crippen molar-refractivity contribution < 1.29 is 19.0 Å². The minimum atomic E-state index is -0.0900. The Bertz CT molecular complexity index is 848. The van der Waals surface area contributed by atoms with Gasteiger partial charge in [-0.25, -0.2) is 4.79 Å². The number of anilines is 1. The maximum absolute atomic E-state index is 12.6. The van der Waals surface area contributed by atoms with Crippen molar-refractivity contribution in [2.75, 3.05) is 58.9 Å². The number of rotatable bonds is 9. The maximum Gasteiger partial charge on any atom is 0.321 e. The number of carbonyl (C=O) groups excluding carboxylic acids is 1. The molecule has 1 atom stereocenters. The summed E-state index contributed by atoms with van der Waals surface area (Å²) < 4.78 is 16.5.